The lowest BCUT2D eigenvalue weighted by Crippen LogP contribution is -2.60. The highest BCUT2D eigenvalue weighted by Crippen LogP contribution is 2.43. The first-order valence-electron chi connectivity index (χ1n) is 5.48. The Morgan fingerprint density at radius 1 is 1.43 bits per heavy atom. The maximum atomic E-state index is 10.8. The fourth-order valence-corrected chi connectivity index (χ4v) is 3.17. The zero-order chi connectivity index (χ0) is 10.8. The van der Waals surface area contributed by atoms with Crippen molar-refractivity contribution >= 4 is 5.97 Å². The molecule has 1 aliphatic rings. The van der Waals surface area contributed by atoms with Crippen molar-refractivity contribution in [3.8, 4) is 0 Å². The van der Waals surface area contributed by atoms with Gasteiger partial charge in [-0.15, -0.1) is 0 Å². The smallest absolute Gasteiger partial charge is 0.304 e. The number of hydrogen-bond donors (Lipinski definition) is 2. The minimum atomic E-state index is -0.671. The lowest BCUT2D eigenvalue weighted by atomic mass is 9.65. The van der Waals surface area contributed by atoms with Gasteiger partial charge < -0.3 is 10.8 Å². The molecule has 3 heteroatoms. The molecule has 3 nitrogen and oxygen atoms in total. The van der Waals surface area contributed by atoms with E-state index in [1.165, 1.54) is 6.42 Å². The zero-order valence-corrected chi connectivity index (χ0v) is 9.25. The molecule has 0 amide bonds. The van der Waals surface area contributed by atoms with Gasteiger partial charge in [-0.1, -0.05) is 13.8 Å². The molecule has 1 saturated carbocycles. The first-order chi connectivity index (χ1) is 6.47. The third-order valence-corrected chi connectivity index (χ3v) is 3.42. The van der Waals surface area contributed by atoms with Gasteiger partial charge in [0.05, 0.1) is 13.0 Å². The van der Waals surface area contributed by atoms with Gasteiger partial charge in [0.15, 0.2) is 0 Å². The number of carboxylic acid groups (broad SMARTS) is 1. The molecular weight excluding hydrogens is 178 g/mol. The molecule has 1 aliphatic carbocycles. The second kappa shape index (κ2) is 4.30. The molecule has 4 N–H and O–H groups in total. The SMILES string of the molecule is C[C@@H]1C[C@H](C)CC(C[NH3+])(CC(=O)O)C1. The van der Waals surface area contributed by atoms with Crippen LogP contribution in [-0.4, -0.2) is 17.6 Å². The summed E-state index contributed by atoms with van der Waals surface area (Å²) < 4.78 is 0. The molecule has 0 bridgehead atoms. The molecule has 0 saturated heterocycles. The van der Waals surface area contributed by atoms with E-state index < -0.39 is 5.97 Å². The van der Waals surface area contributed by atoms with E-state index in [4.69, 9.17) is 5.11 Å². The molecule has 0 spiro atoms. The van der Waals surface area contributed by atoms with Gasteiger partial charge in [-0.05, 0) is 31.1 Å². The average Bonchev–Trinajstić information content (AvgIpc) is 2.00. The van der Waals surface area contributed by atoms with E-state index in [1.54, 1.807) is 0 Å². The van der Waals surface area contributed by atoms with E-state index in [2.05, 4.69) is 19.6 Å². The van der Waals surface area contributed by atoms with E-state index in [0.29, 0.717) is 18.3 Å². The highest BCUT2D eigenvalue weighted by atomic mass is 16.4. The van der Waals surface area contributed by atoms with Crippen molar-refractivity contribution in [2.24, 2.45) is 17.3 Å². The predicted octanol–water partition coefficient (Wildman–Crippen LogP) is 1.15. The van der Waals surface area contributed by atoms with Gasteiger partial charge in [-0.3, -0.25) is 4.79 Å². The van der Waals surface area contributed by atoms with Crippen LogP contribution in [0.1, 0.15) is 39.5 Å². The van der Waals surface area contributed by atoms with Crippen LogP contribution in [0.3, 0.4) is 0 Å². The minimum absolute atomic E-state index is 0.0249. The number of quaternary nitrogens is 1. The third kappa shape index (κ3) is 2.71. The standard InChI is InChI=1S/C11H21NO2/c1-8-3-9(2)5-11(4-8,7-12)6-10(13)14/h8-9H,3-7,12H2,1-2H3,(H,13,14)/p+1/t8-,9+,11?. The second-order valence-corrected chi connectivity index (χ2v) is 5.17. The van der Waals surface area contributed by atoms with Crippen LogP contribution in [0.15, 0.2) is 0 Å². The quantitative estimate of drug-likeness (QED) is 0.717. The van der Waals surface area contributed by atoms with E-state index >= 15 is 0 Å². The van der Waals surface area contributed by atoms with Gasteiger partial charge in [0.1, 0.15) is 0 Å². The van der Waals surface area contributed by atoms with Crippen molar-refractivity contribution in [1.29, 1.82) is 0 Å². The van der Waals surface area contributed by atoms with Crippen LogP contribution in [0.5, 0.6) is 0 Å². The Balaban J connectivity index is 2.71. The Morgan fingerprint density at radius 2 is 1.93 bits per heavy atom. The summed E-state index contributed by atoms with van der Waals surface area (Å²) in [5, 5.41) is 8.91. The Kier molecular flexibility index (Phi) is 3.53. The largest absolute Gasteiger partial charge is 0.481 e. The number of carbonyl (C=O) groups is 1. The van der Waals surface area contributed by atoms with E-state index in [-0.39, 0.29) is 5.41 Å². The molecule has 0 aliphatic heterocycles. The van der Waals surface area contributed by atoms with E-state index in [9.17, 15) is 4.79 Å². The Bertz CT molecular complexity index is 205. The highest BCUT2D eigenvalue weighted by molar-refractivity contribution is 5.67. The van der Waals surface area contributed by atoms with Crippen molar-refractivity contribution < 1.29 is 15.6 Å². The molecule has 3 atom stereocenters. The molecule has 0 radical (unpaired) electrons. The second-order valence-electron chi connectivity index (χ2n) is 5.17. The van der Waals surface area contributed by atoms with Crippen LogP contribution in [0, 0.1) is 17.3 Å². The van der Waals surface area contributed by atoms with Gasteiger partial charge in [-0.25, -0.2) is 0 Å². The van der Waals surface area contributed by atoms with E-state index in [1.807, 2.05) is 0 Å². The first-order valence-corrected chi connectivity index (χ1v) is 5.48. The van der Waals surface area contributed by atoms with Crippen LogP contribution < -0.4 is 5.73 Å². The summed E-state index contributed by atoms with van der Waals surface area (Å²) >= 11 is 0. The maximum Gasteiger partial charge on any atom is 0.304 e. The molecule has 82 valence electrons. The summed E-state index contributed by atoms with van der Waals surface area (Å²) in [7, 11) is 0. The number of rotatable bonds is 3. The van der Waals surface area contributed by atoms with Gasteiger partial charge >= 0.3 is 5.97 Å². The topological polar surface area (TPSA) is 64.9 Å². The van der Waals surface area contributed by atoms with E-state index in [0.717, 1.165) is 19.4 Å². The molecule has 1 rings (SSSR count). The summed E-state index contributed by atoms with van der Waals surface area (Å²) in [6, 6.07) is 0. The number of carboxylic acids is 1. The Labute approximate surface area is 85.7 Å². The third-order valence-electron chi connectivity index (χ3n) is 3.42. The fourth-order valence-electron chi connectivity index (χ4n) is 3.17. The molecule has 0 aromatic heterocycles. The Morgan fingerprint density at radius 3 is 2.29 bits per heavy atom. The van der Waals surface area contributed by atoms with Crippen molar-refractivity contribution in [1.82, 2.24) is 0 Å². The maximum absolute atomic E-state index is 10.8. The van der Waals surface area contributed by atoms with Gasteiger partial charge in [0.2, 0.25) is 0 Å². The van der Waals surface area contributed by atoms with Gasteiger partial charge in [0, 0.05) is 5.41 Å². The van der Waals surface area contributed by atoms with Crippen LogP contribution in [0.2, 0.25) is 0 Å². The summed E-state index contributed by atoms with van der Waals surface area (Å²) in [5.74, 6) is 0.634. The van der Waals surface area contributed by atoms with Crippen LogP contribution in [-0.2, 0) is 4.79 Å². The summed E-state index contributed by atoms with van der Waals surface area (Å²) in [4.78, 5) is 10.8. The zero-order valence-electron chi connectivity index (χ0n) is 9.25. The van der Waals surface area contributed by atoms with Crippen molar-refractivity contribution in [2.75, 3.05) is 6.54 Å². The molecule has 0 heterocycles. The first kappa shape index (κ1) is 11.5. The average molecular weight is 200 g/mol. The molecule has 0 aromatic rings. The number of aliphatic carboxylic acids is 1. The van der Waals surface area contributed by atoms with Crippen LogP contribution >= 0.6 is 0 Å². The normalized spacial score (nSPS) is 38.2. The minimum Gasteiger partial charge on any atom is -0.481 e. The molecule has 1 fully saturated rings. The highest BCUT2D eigenvalue weighted by Gasteiger charge is 2.40. The molecule has 1 unspecified atom stereocenters. The van der Waals surface area contributed by atoms with Crippen molar-refractivity contribution in [3.05, 3.63) is 0 Å². The molecule has 0 aromatic carbocycles. The monoisotopic (exact) mass is 200 g/mol. The predicted molar refractivity (Wildman–Crippen MR) is 54.6 cm³/mol. The van der Waals surface area contributed by atoms with Gasteiger partial charge in [0.25, 0.3) is 0 Å². The molecule has 14 heavy (non-hydrogen) atoms. The molecular formula is C11H22NO2+. The number of hydrogen-bond acceptors (Lipinski definition) is 1. The fraction of sp³-hybridized carbons (Fsp3) is 0.909. The summed E-state index contributed by atoms with van der Waals surface area (Å²) in [6.45, 7) is 5.21. The lowest BCUT2D eigenvalue weighted by molar-refractivity contribution is -0.396. The van der Waals surface area contributed by atoms with Crippen LogP contribution in [0.25, 0.3) is 0 Å². The van der Waals surface area contributed by atoms with Gasteiger partial charge in [-0.2, -0.15) is 0 Å². The van der Waals surface area contributed by atoms with Crippen molar-refractivity contribution in [2.45, 2.75) is 39.5 Å². The van der Waals surface area contributed by atoms with Crippen LogP contribution in [0.4, 0.5) is 0 Å². The summed E-state index contributed by atoms with van der Waals surface area (Å²) in [6.07, 6.45) is 3.60. The van der Waals surface area contributed by atoms with Crippen molar-refractivity contribution in [3.63, 3.8) is 0 Å². The summed E-state index contributed by atoms with van der Waals surface area (Å²) in [5.41, 5.74) is 3.92. The lowest BCUT2D eigenvalue weighted by Gasteiger charge is -2.39. The Hall–Kier alpha value is -0.570.